The summed E-state index contributed by atoms with van der Waals surface area (Å²) < 4.78 is 30.2. The number of aryl methyl sites for hydroxylation is 1. The zero-order chi connectivity index (χ0) is 27.2. The molecular weight excluding hydrogens is 468 g/mol. The molecule has 1 fully saturated rings. The molecule has 1 aromatic heterocycles. The van der Waals surface area contributed by atoms with Crippen LogP contribution in [0.1, 0.15) is 94.7 Å². The van der Waals surface area contributed by atoms with E-state index in [1.807, 2.05) is 25.1 Å². The second-order valence-electron chi connectivity index (χ2n) is 11.6. The molecule has 1 saturated heterocycles. The van der Waals surface area contributed by atoms with E-state index in [0.717, 1.165) is 54.6 Å². The second kappa shape index (κ2) is 12.2. The van der Waals surface area contributed by atoms with E-state index in [1.54, 1.807) is 0 Å². The molecule has 0 atom stereocenters. The van der Waals surface area contributed by atoms with Crippen molar-refractivity contribution in [3.8, 4) is 11.3 Å². The fourth-order valence-corrected chi connectivity index (χ4v) is 4.90. The van der Waals surface area contributed by atoms with E-state index in [2.05, 4.69) is 54.9 Å². The Bertz CT molecular complexity index is 1100. The molecule has 1 aromatic carbocycles. The summed E-state index contributed by atoms with van der Waals surface area (Å²) in [6.45, 7) is 17.4. The Kier molecular flexibility index (Phi) is 9.49. The van der Waals surface area contributed by atoms with Gasteiger partial charge in [-0.1, -0.05) is 63.6 Å². The number of aliphatic hydroxyl groups excluding tert-OH is 1. The highest BCUT2D eigenvalue weighted by Crippen LogP contribution is 2.43. The van der Waals surface area contributed by atoms with Gasteiger partial charge in [-0.15, -0.1) is 6.58 Å². The van der Waals surface area contributed by atoms with Crippen LogP contribution in [0.4, 0.5) is 14.6 Å². The van der Waals surface area contributed by atoms with E-state index in [9.17, 15) is 0 Å². The van der Waals surface area contributed by atoms with E-state index in [4.69, 9.17) is 5.11 Å². The maximum atomic E-state index is 15.1. The van der Waals surface area contributed by atoms with Crippen LogP contribution in [0, 0.1) is 12.3 Å². The molecule has 0 radical (unpaired) electrons. The molecule has 37 heavy (non-hydrogen) atoms. The van der Waals surface area contributed by atoms with Crippen molar-refractivity contribution in [2.24, 2.45) is 5.41 Å². The molecule has 4 rings (SSSR count). The Morgan fingerprint density at radius 3 is 2.41 bits per heavy atom. The third kappa shape index (κ3) is 7.86. The van der Waals surface area contributed by atoms with Crippen LogP contribution >= 0.6 is 0 Å². The number of anilines is 1. The van der Waals surface area contributed by atoms with Gasteiger partial charge in [-0.3, -0.25) is 0 Å². The van der Waals surface area contributed by atoms with Gasteiger partial charge in [-0.05, 0) is 50.0 Å². The van der Waals surface area contributed by atoms with Gasteiger partial charge in [0, 0.05) is 43.5 Å². The predicted octanol–water partition coefficient (Wildman–Crippen LogP) is 8.68. The zero-order valence-corrected chi connectivity index (χ0v) is 23.0. The minimum absolute atomic E-state index is 0.105. The molecule has 1 N–H and O–H groups in total. The Morgan fingerprint density at radius 1 is 1.11 bits per heavy atom. The van der Waals surface area contributed by atoms with Crippen molar-refractivity contribution in [2.75, 3.05) is 18.0 Å². The van der Waals surface area contributed by atoms with Gasteiger partial charge in [-0.2, -0.15) is 8.78 Å². The summed E-state index contributed by atoms with van der Waals surface area (Å²) in [6.07, 6.45) is 7.68. The average molecular weight is 512 g/mol. The highest BCUT2D eigenvalue weighted by molar-refractivity contribution is 5.78. The summed E-state index contributed by atoms with van der Waals surface area (Å²) in [7, 11) is 0. The van der Waals surface area contributed by atoms with Crippen LogP contribution in [0.15, 0.2) is 43.2 Å². The molecule has 2 aromatic rings. The number of aliphatic hydroxyl groups is 1. The van der Waals surface area contributed by atoms with Crippen molar-refractivity contribution in [3.05, 3.63) is 65.7 Å². The fourth-order valence-electron chi connectivity index (χ4n) is 4.90. The van der Waals surface area contributed by atoms with Gasteiger partial charge in [0.2, 0.25) is 5.82 Å². The molecule has 6 heteroatoms. The predicted molar refractivity (Wildman–Crippen MR) is 149 cm³/mol. The first-order chi connectivity index (χ1) is 17.4. The third-order valence-electron chi connectivity index (χ3n) is 6.81. The first kappa shape index (κ1) is 28.8. The summed E-state index contributed by atoms with van der Waals surface area (Å²) in [5, 5.41) is 9.14. The lowest BCUT2D eigenvalue weighted by Crippen LogP contribution is -2.25. The molecule has 4 nitrogen and oxygen atoms in total. The molecule has 1 aliphatic carbocycles. The smallest absolute Gasteiger partial charge is 0.306 e. The van der Waals surface area contributed by atoms with Crippen LogP contribution in [0.3, 0.4) is 0 Å². The Hall–Kier alpha value is -2.76. The Labute approximate surface area is 221 Å². The van der Waals surface area contributed by atoms with Crippen molar-refractivity contribution in [1.82, 2.24) is 9.97 Å². The molecule has 2 aliphatic rings. The standard InChI is InChI=1S/C24H29F2N3O.C7H14/c1-16-9-10-19-18(14-16)15-20-21(19)27-23(28-22(20)29-12-6-7-13-29)24(25,26)11-5-3-4-8-17(2)30;1-5-6-7(2,3)4/h9-10,14,30H,2-8,11-13,15H2,1H3;5H,1,6H2,2-4H3. The normalized spacial score (nSPS) is 14.6. The van der Waals surface area contributed by atoms with E-state index in [1.165, 1.54) is 0 Å². The zero-order valence-electron chi connectivity index (χ0n) is 23.0. The van der Waals surface area contributed by atoms with Crippen molar-refractivity contribution in [3.63, 3.8) is 0 Å². The van der Waals surface area contributed by atoms with Gasteiger partial charge in [-0.25, -0.2) is 9.97 Å². The van der Waals surface area contributed by atoms with Gasteiger partial charge in [0.25, 0.3) is 0 Å². The van der Waals surface area contributed by atoms with Crippen molar-refractivity contribution >= 4 is 5.82 Å². The van der Waals surface area contributed by atoms with Crippen LogP contribution in [-0.4, -0.2) is 28.2 Å². The number of rotatable bonds is 9. The number of halogens is 2. The van der Waals surface area contributed by atoms with Gasteiger partial charge in [0.15, 0.2) is 0 Å². The number of benzene rings is 1. The lowest BCUT2D eigenvalue weighted by atomic mass is 9.93. The third-order valence-corrected chi connectivity index (χ3v) is 6.81. The molecular formula is C31H43F2N3O. The van der Waals surface area contributed by atoms with Crippen molar-refractivity contribution in [1.29, 1.82) is 0 Å². The van der Waals surface area contributed by atoms with Crippen LogP contribution in [0.5, 0.6) is 0 Å². The summed E-state index contributed by atoms with van der Waals surface area (Å²) >= 11 is 0. The van der Waals surface area contributed by atoms with Gasteiger partial charge in [0.05, 0.1) is 11.5 Å². The highest BCUT2D eigenvalue weighted by atomic mass is 19.3. The number of allylic oxidation sites excluding steroid dienone is 2. The minimum atomic E-state index is -3.08. The molecule has 0 saturated carbocycles. The number of hydrogen-bond acceptors (Lipinski definition) is 4. The average Bonchev–Trinajstić information content (AvgIpc) is 3.45. The topological polar surface area (TPSA) is 49.3 Å². The molecule has 2 heterocycles. The first-order valence-corrected chi connectivity index (χ1v) is 13.5. The Morgan fingerprint density at radius 2 is 1.81 bits per heavy atom. The van der Waals surface area contributed by atoms with E-state index in [-0.39, 0.29) is 18.0 Å². The largest absolute Gasteiger partial charge is 0.513 e. The monoisotopic (exact) mass is 511 g/mol. The fraction of sp³-hybridized carbons (Fsp3) is 0.548. The lowest BCUT2D eigenvalue weighted by Gasteiger charge is -2.23. The van der Waals surface area contributed by atoms with Gasteiger partial charge < -0.3 is 10.0 Å². The number of fused-ring (bicyclic) bond motifs is 3. The van der Waals surface area contributed by atoms with Gasteiger partial charge in [0.1, 0.15) is 5.82 Å². The summed E-state index contributed by atoms with van der Waals surface area (Å²) in [5.74, 6) is -2.64. The molecule has 202 valence electrons. The Balaban J connectivity index is 0.000000479. The van der Waals surface area contributed by atoms with Crippen molar-refractivity contribution < 1.29 is 13.9 Å². The quantitative estimate of drug-likeness (QED) is 0.177. The number of nitrogens with zero attached hydrogens (tertiary/aromatic N) is 3. The minimum Gasteiger partial charge on any atom is -0.513 e. The summed E-state index contributed by atoms with van der Waals surface area (Å²) in [4.78, 5) is 11.0. The van der Waals surface area contributed by atoms with Gasteiger partial charge >= 0.3 is 5.92 Å². The lowest BCUT2D eigenvalue weighted by molar-refractivity contribution is -0.0246. The molecule has 0 unspecified atom stereocenters. The number of aromatic nitrogens is 2. The van der Waals surface area contributed by atoms with E-state index >= 15 is 8.78 Å². The SMILES string of the molecule is C=C(O)CCCCCC(F)(F)c1nc2c(c(N3CCCC3)n1)Cc1cc(C)ccc1-2.C=CCC(C)(C)C. The van der Waals surface area contributed by atoms with E-state index in [0.29, 0.717) is 49.0 Å². The van der Waals surface area contributed by atoms with Crippen molar-refractivity contribution in [2.45, 2.75) is 91.4 Å². The number of hydrogen-bond donors (Lipinski definition) is 1. The van der Waals surface area contributed by atoms with E-state index < -0.39 is 5.92 Å². The molecule has 0 bridgehead atoms. The van der Waals surface area contributed by atoms with Crippen LogP contribution in [0.2, 0.25) is 0 Å². The maximum Gasteiger partial charge on any atom is 0.306 e. The molecule has 0 amide bonds. The first-order valence-electron chi connectivity index (χ1n) is 13.5. The number of unbranched alkanes of at least 4 members (excludes halogenated alkanes) is 2. The summed E-state index contributed by atoms with van der Waals surface area (Å²) in [5.41, 5.74) is 5.35. The molecule has 0 spiro atoms. The van der Waals surface area contributed by atoms with Crippen LogP contribution in [-0.2, 0) is 12.3 Å². The maximum absolute atomic E-state index is 15.1. The number of alkyl halides is 2. The van der Waals surface area contributed by atoms with Crippen LogP contribution in [0.25, 0.3) is 11.3 Å². The van der Waals surface area contributed by atoms with Crippen LogP contribution < -0.4 is 4.90 Å². The summed E-state index contributed by atoms with van der Waals surface area (Å²) in [6, 6.07) is 6.14. The second-order valence-corrected chi connectivity index (χ2v) is 11.6. The molecule has 1 aliphatic heterocycles. The highest BCUT2D eigenvalue weighted by Gasteiger charge is 2.38.